The molecule has 0 aliphatic heterocycles. The summed E-state index contributed by atoms with van der Waals surface area (Å²) in [6, 6.07) is 5.27. The zero-order valence-corrected chi connectivity index (χ0v) is 10.8. The molecule has 0 radical (unpaired) electrons. The van der Waals surface area contributed by atoms with E-state index in [1.54, 1.807) is 32.3 Å². The highest BCUT2D eigenvalue weighted by atomic mass is 16.5. The van der Waals surface area contributed by atoms with Gasteiger partial charge in [-0.25, -0.2) is 0 Å². The lowest BCUT2D eigenvalue weighted by Crippen LogP contribution is -2.22. The van der Waals surface area contributed by atoms with E-state index in [1.165, 1.54) is 4.90 Å². The Morgan fingerprint density at radius 2 is 1.82 bits per heavy atom. The predicted octanol–water partition coefficient (Wildman–Crippen LogP) is 2.19. The van der Waals surface area contributed by atoms with Crippen molar-refractivity contribution in [1.82, 2.24) is 4.90 Å². The lowest BCUT2D eigenvalue weighted by molar-refractivity contribution is 0.0823. The van der Waals surface area contributed by atoms with Crippen LogP contribution in [0.3, 0.4) is 0 Å². The number of carbonyl (C=O) groups is 1. The monoisotopic (exact) mass is 237 g/mol. The topological polar surface area (TPSA) is 38.8 Å². The minimum absolute atomic E-state index is 0.0727. The van der Waals surface area contributed by atoms with Gasteiger partial charge < -0.3 is 14.4 Å². The van der Waals surface area contributed by atoms with E-state index in [2.05, 4.69) is 0 Å². The molecule has 0 heterocycles. The summed E-state index contributed by atoms with van der Waals surface area (Å²) in [7, 11) is 3.43. The van der Waals surface area contributed by atoms with Crippen molar-refractivity contribution < 1.29 is 14.3 Å². The lowest BCUT2D eigenvalue weighted by atomic mass is 10.1. The van der Waals surface area contributed by atoms with Crippen LogP contribution in [-0.2, 0) is 0 Å². The number of nitrogens with zero attached hydrogens (tertiary/aromatic N) is 1. The van der Waals surface area contributed by atoms with Crippen LogP contribution in [0.1, 0.15) is 24.2 Å². The van der Waals surface area contributed by atoms with Crippen molar-refractivity contribution in [1.29, 1.82) is 0 Å². The largest absolute Gasteiger partial charge is 0.494 e. The van der Waals surface area contributed by atoms with Crippen LogP contribution >= 0.6 is 0 Å². The van der Waals surface area contributed by atoms with Crippen LogP contribution in [0.25, 0.3) is 0 Å². The highest BCUT2D eigenvalue weighted by molar-refractivity contribution is 5.96. The van der Waals surface area contributed by atoms with E-state index in [-0.39, 0.29) is 5.91 Å². The molecule has 0 bridgehead atoms. The molecule has 0 aliphatic carbocycles. The molecular weight excluding hydrogens is 218 g/mol. The lowest BCUT2D eigenvalue weighted by Gasteiger charge is -2.15. The second kappa shape index (κ2) is 6.13. The first-order chi connectivity index (χ1) is 8.10. The zero-order valence-electron chi connectivity index (χ0n) is 10.8. The Hall–Kier alpha value is -1.71. The summed E-state index contributed by atoms with van der Waals surface area (Å²) >= 11 is 0. The summed E-state index contributed by atoms with van der Waals surface area (Å²) in [5.74, 6) is 1.21. The van der Waals surface area contributed by atoms with Crippen molar-refractivity contribution in [2.75, 3.05) is 27.3 Å². The average molecular weight is 237 g/mol. The second-order valence-corrected chi connectivity index (χ2v) is 3.72. The molecule has 0 aromatic heterocycles. The van der Waals surface area contributed by atoms with Gasteiger partial charge in [0.1, 0.15) is 11.5 Å². The van der Waals surface area contributed by atoms with Gasteiger partial charge in [0, 0.05) is 20.2 Å². The fraction of sp³-hybridized carbons (Fsp3) is 0.462. The average Bonchev–Trinajstić information content (AvgIpc) is 2.29. The third kappa shape index (κ3) is 3.37. The molecule has 0 fully saturated rings. The van der Waals surface area contributed by atoms with Crippen LogP contribution in [0.4, 0.5) is 0 Å². The highest BCUT2D eigenvalue weighted by Crippen LogP contribution is 2.25. The van der Waals surface area contributed by atoms with Crippen molar-refractivity contribution in [2.24, 2.45) is 0 Å². The minimum Gasteiger partial charge on any atom is -0.494 e. The van der Waals surface area contributed by atoms with E-state index in [0.717, 1.165) is 0 Å². The van der Waals surface area contributed by atoms with Crippen LogP contribution in [0.5, 0.6) is 11.5 Å². The normalized spacial score (nSPS) is 9.88. The summed E-state index contributed by atoms with van der Waals surface area (Å²) in [5, 5.41) is 0. The van der Waals surface area contributed by atoms with Crippen molar-refractivity contribution in [3.05, 3.63) is 23.8 Å². The molecule has 0 unspecified atom stereocenters. The van der Waals surface area contributed by atoms with E-state index in [1.807, 2.05) is 13.8 Å². The molecule has 1 aromatic rings. The molecule has 1 amide bonds. The van der Waals surface area contributed by atoms with Crippen LogP contribution in [0.2, 0.25) is 0 Å². The van der Waals surface area contributed by atoms with Crippen LogP contribution in [-0.4, -0.2) is 38.1 Å². The third-order valence-electron chi connectivity index (χ3n) is 2.20. The molecule has 0 saturated heterocycles. The van der Waals surface area contributed by atoms with Gasteiger partial charge in [-0.1, -0.05) is 0 Å². The quantitative estimate of drug-likeness (QED) is 0.788. The fourth-order valence-electron chi connectivity index (χ4n) is 1.45. The van der Waals surface area contributed by atoms with Crippen LogP contribution in [0, 0.1) is 0 Å². The summed E-state index contributed by atoms with van der Waals surface area (Å²) in [6.07, 6.45) is 0. The molecule has 0 spiro atoms. The van der Waals surface area contributed by atoms with Crippen LogP contribution < -0.4 is 9.47 Å². The van der Waals surface area contributed by atoms with Gasteiger partial charge in [-0.2, -0.15) is 0 Å². The fourth-order valence-corrected chi connectivity index (χ4v) is 1.45. The van der Waals surface area contributed by atoms with Crippen molar-refractivity contribution >= 4 is 5.91 Å². The SMILES string of the molecule is CCOc1ccc(C(=O)N(C)C)c(OCC)c1. The van der Waals surface area contributed by atoms with Gasteiger partial charge >= 0.3 is 0 Å². The number of amides is 1. The van der Waals surface area contributed by atoms with Gasteiger partial charge in [0.25, 0.3) is 5.91 Å². The first kappa shape index (κ1) is 13.4. The highest BCUT2D eigenvalue weighted by Gasteiger charge is 2.15. The van der Waals surface area contributed by atoms with E-state index in [9.17, 15) is 4.79 Å². The van der Waals surface area contributed by atoms with E-state index >= 15 is 0 Å². The van der Waals surface area contributed by atoms with Crippen molar-refractivity contribution in [3.8, 4) is 11.5 Å². The molecule has 1 aromatic carbocycles. The molecule has 4 heteroatoms. The minimum atomic E-state index is -0.0727. The third-order valence-corrected chi connectivity index (χ3v) is 2.20. The van der Waals surface area contributed by atoms with E-state index in [0.29, 0.717) is 30.3 Å². The summed E-state index contributed by atoms with van der Waals surface area (Å²) in [6.45, 7) is 4.91. The number of hydrogen-bond acceptors (Lipinski definition) is 3. The van der Waals surface area contributed by atoms with Gasteiger partial charge in [-0.15, -0.1) is 0 Å². The molecule has 4 nitrogen and oxygen atoms in total. The Balaban J connectivity index is 3.07. The van der Waals surface area contributed by atoms with E-state index < -0.39 is 0 Å². The van der Waals surface area contributed by atoms with Gasteiger partial charge in [0.05, 0.1) is 18.8 Å². The number of hydrogen-bond donors (Lipinski definition) is 0. The van der Waals surface area contributed by atoms with Gasteiger partial charge in [-0.3, -0.25) is 4.79 Å². The molecule has 1 rings (SSSR count). The van der Waals surface area contributed by atoms with Crippen LogP contribution in [0.15, 0.2) is 18.2 Å². The summed E-state index contributed by atoms with van der Waals surface area (Å²) < 4.78 is 10.9. The number of rotatable bonds is 5. The van der Waals surface area contributed by atoms with Gasteiger partial charge in [0.15, 0.2) is 0 Å². The Morgan fingerprint density at radius 3 is 2.35 bits per heavy atom. The smallest absolute Gasteiger partial charge is 0.257 e. The molecule has 0 aliphatic rings. The number of benzene rings is 1. The second-order valence-electron chi connectivity index (χ2n) is 3.72. The Labute approximate surface area is 102 Å². The maximum atomic E-state index is 11.9. The molecule has 0 atom stereocenters. The number of carbonyl (C=O) groups excluding carboxylic acids is 1. The van der Waals surface area contributed by atoms with Crippen molar-refractivity contribution in [2.45, 2.75) is 13.8 Å². The molecule has 94 valence electrons. The van der Waals surface area contributed by atoms with Gasteiger partial charge in [-0.05, 0) is 26.0 Å². The molecular formula is C13H19NO3. The summed E-state index contributed by atoms with van der Waals surface area (Å²) in [4.78, 5) is 13.4. The maximum absolute atomic E-state index is 11.9. The zero-order chi connectivity index (χ0) is 12.8. The first-order valence-electron chi connectivity index (χ1n) is 5.71. The van der Waals surface area contributed by atoms with Crippen molar-refractivity contribution in [3.63, 3.8) is 0 Å². The van der Waals surface area contributed by atoms with Gasteiger partial charge in [0.2, 0.25) is 0 Å². The summed E-state index contributed by atoms with van der Waals surface area (Å²) in [5.41, 5.74) is 0.556. The molecule has 0 saturated carbocycles. The predicted molar refractivity (Wildman–Crippen MR) is 66.8 cm³/mol. The van der Waals surface area contributed by atoms with E-state index in [4.69, 9.17) is 9.47 Å². The molecule has 0 N–H and O–H groups in total. The standard InChI is InChI=1S/C13H19NO3/c1-5-16-10-7-8-11(13(15)14(3)4)12(9-10)17-6-2/h7-9H,5-6H2,1-4H3. The number of ether oxygens (including phenoxy) is 2. The maximum Gasteiger partial charge on any atom is 0.257 e. The Kier molecular flexibility index (Phi) is 4.82. The Bertz CT molecular complexity index is 388. The Morgan fingerprint density at radius 1 is 1.18 bits per heavy atom. The molecule has 17 heavy (non-hydrogen) atoms. The first-order valence-corrected chi connectivity index (χ1v) is 5.71.